The van der Waals surface area contributed by atoms with Crippen molar-refractivity contribution in [3.63, 3.8) is 0 Å². The number of carboxylic acids is 2. The maximum absolute atomic E-state index is 12.9. The number of fused-ring (bicyclic) bond motifs is 1. The fraction of sp³-hybridized carbons (Fsp3) is 0.361. The van der Waals surface area contributed by atoms with Crippen LogP contribution in [0.15, 0.2) is 126 Å². The quantitative estimate of drug-likeness (QED) is 0.0248. The highest BCUT2D eigenvalue weighted by atomic mass is 19.4. The van der Waals surface area contributed by atoms with Crippen molar-refractivity contribution in [2.75, 3.05) is 5.32 Å². The van der Waals surface area contributed by atoms with E-state index in [0.717, 1.165) is 71.6 Å². The van der Waals surface area contributed by atoms with Crippen LogP contribution in [0, 0.1) is 11.8 Å². The number of unbranched alkanes of at least 4 members (excludes halogenated alkanes) is 11. The molecule has 0 saturated carbocycles. The average molecular weight is 1080 g/mol. The third kappa shape index (κ3) is 19.9. The van der Waals surface area contributed by atoms with Gasteiger partial charge in [-0.3, -0.25) is 14.4 Å². The zero-order chi connectivity index (χ0) is 56.7. The summed E-state index contributed by atoms with van der Waals surface area (Å²) in [4.78, 5) is 62.2. The molecule has 5 aromatic carbocycles. The maximum atomic E-state index is 12.9. The van der Waals surface area contributed by atoms with E-state index in [0.29, 0.717) is 44.7 Å². The van der Waals surface area contributed by atoms with E-state index in [2.05, 4.69) is 31.0 Å². The second-order valence-corrected chi connectivity index (χ2v) is 19.0. The molecular weight excluding hydrogens is 1020 g/mol. The number of nitrogens with zero attached hydrogens (tertiary/aromatic N) is 2. The van der Waals surface area contributed by atoms with E-state index in [-0.39, 0.29) is 32.1 Å². The smallest absolute Gasteiger partial charge is 0.416 e. The number of benzene rings is 5. The molecule has 0 aliphatic rings. The zero-order valence-corrected chi connectivity index (χ0v) is 43.8. The Labute approximate surface area is 450 Å². The Bertz CT molecular complexity index is 2960. The molecule has 3 amide bonds. The van der Waals surface area contributed by atoms with Gasteiger partial charge in [-0.25, -0.2) is 9.59 Å². The lowest BCUT2D eigenvalue weighted by Crippen LogP contribution is -2.35. The van der Waals surface area contributed by atoms with Gasteiger partial charge in [-0.2, -0.15) is 26.3 Å². The molecule has 414 valence electrons. The molecule has 0 atom stereocenters. The Morgan fingerprint density at radius 2 is 0.949 bits per heavy atom. The number of carbonyl (C=O) groups is 5. The van der Waals surface area contributed by atoms with Crippen molar-refractivity contribution in [2.24, 2.45) is 0 Å². The van der Waals surface area contributed by atoms with Gasteiger partial charge >= 0.3 is 36.1 Å². The molecule has 11 nitrogen and oxygen atoms in total. The molecule has 0 aliphatic carbocycles. The number of halogens is 6. The van der Waals surface area contributed by atoms with Crippen LogP contribution in [0.25, 0.3) is 11.0 Å². The number of alkyl halides is 6. The summed E-state index contributed by atoms with van der Waals surface area (Å²) in [6.45, 7) is 3.92. The Morgan fingerprint density at radius 3 is 1.42 bits per heavy atom. The van der Waals surface area contributed by atoms with Crippen molar-refractivity contribution in [1.82, 2.24) is 9.80 Å². The molecule has 0 spiro atoms. The summed E-state index contributed by atoms with van der Waals surface area (Å²) in [6.07, 6.45) is 8.85. The first kappa shape index (κ1) is 61.0. The Kier molecular flexibility index (Phi) is 23.6. The van der Waals surface area contributed by atoms with Gasteiger partial charge in [-0.15, -0.1) is 0 Å². The second-order valence-electron chi connectivity index (χ2n) is 19.0. The number of aryl methyl sites for hydroxylation is 1. The third-order valence-corrected chi connectivity index (χ3v) is 12.8. The lowest BCUT2D eigenvalue weighted by Gasteiger charge is -2.21. The summed E-state index contributed by atoms with van der Waals surface area (Å²) in [6, 6.07) is 27.8. The molecule has 6 rings (SSSR count). The number of carboxylic acid groups (broad SMARTS) is 2. The topological polar surface area (TPSA) is 157 Å². The van der Waals surface area contributed by atoms with Crippen LogP contribution < -0.4 is 5.32 Å². The van der Waals surface area contributed by atoms with Gasteiger partial charge in [-0.1, -0.05) is 144 Å². The minimum Gasteiger partial charge on any atom is -0.474 e. The van der Waals surface area contributed by atoms with Crippen LogP contribution in [0.1, 0.15) is 152 Å². The molecule has 0 saturated heterocycles. The third-order valence-electron chi connectivity index (χ3n) is 12.8. The number of carbonyl (C=O) groups excluding carboxylic acids is 3. The normalized spacial score (nSPS) is 11.2. The second kappa shape index (κ2) is 30.2. The summed E-state index contributed by atoms with van der Waals surface area (Å²) in [5, 5.41) is 22.1. The van der Waals surface area contributed by atoms with Crippen molar-refractivity contribution < 1.29 is 64.9 Å². The van der Waals surface area contributed by atoms with E-state index >= 15 is 0 Å². The summed E-state index contributed by atoms with van der Waals surface area (Å²) in [7, 11) is 0. The van der Waals surface area contributed by atoms with E-state index in [1.807, 2.05) is 12.1 Å². The molecule has 0 fully saturated rings. The van der Waals surface area contributed by atoms with Crippen LogP contribution >= 0.6 is 0 Å². The molecule has 1 aromatic heterocycles. The van der Waals surface area contributed by atoms with Crippen LogP contribution in [0.5, 0.6) is 0 Å². The molecule has 6 aromatic rings. The lowest BCUT2D eigenvalue weighted by molar-refractivity contribution is -0.156. The number of aliphatic carboxylic acids is 2. The highest BCUT2D eigenvalue weighted by Gasteiger charge is 2.31. The number of furan rings is 1. The summed E-state index contributed by atoms with van der Waals surface area (Å²) < 4.78 is 82.7. The number of nitrogens with one attached hydrogen (secondary N) is 1. The van der Waals surface area contributed by atoms with E-state index < -0.39 is 47.2 Å². The van der Waals surface area contributed by atoms with E-state index in [1.54, 1.807) is 60.9 Å². The molecule has 3 N–H and O–H groups in total. The van der Waals surface area contributed by atoms with Gasteiger partial charge in [0.15, 0.2) is 0 Å². The van der Waals surface area contributed by atoms with Crippen LogP contribution in [0.2, 0.25) is 0 Å². The summed E-state index contributed by atoms with van der Waals surface area (Å²) in [5.41, 5.74) is 3.89. The first-order valence-electron chi connectivity index (χ1n) is 26.1. The fourth-order valence-corrected chi connectivity index (χ4v) is 8.40. The van der Waals surface area contributed by atoms with Gasteiger partial charge in [0.05, 0.1) is 16.7 Å². The SMILES string of the molecule is CCCCCCCCC#Cc1coc2ccc(CN(Cc3ccc(C(F)(F)F)cc3)C(=O)C(=O)O)cc12.CCCCCCCCc1ccc(C(=O)Nc2ccc(CN(Cc3ccc(C(F)(F)F)cc3)C(=O)C(=O)O)cc2)cc1. The molecular formula is C61H65F6N3O8. The lowest BCUT2D eigenvalue weighted by atomic mass is 10.0. The van der Waals surface area contributed by atoms with Gasteiger partial charge in [0.25, 0.3) is 5.91 Å². The number of hydrogen-bond donors (Lipinski definition) is 3. The maximum Gasteiger partial charge on any atom is 0.416 e. The van der Waals surface area contributed by atoms with E-state index in [9.17, 15) is 60.5 Å². The molecule has 0 unspecified atom stereocenters. The molecule has 78 heavy (non-hydrogen) atoms. The standard InChI is InChI=1S/C32H35F3N2O4.C29H30F3NO4/c1-2-3-4-5-6-7-8-23-9-15-26(16-10-23)29(38)36-28-19-13-25(14-20-28)22-37(30(39)31(40)41)21-24-11-17-27(18-12-24)32(33,34)35;1-2-3-4-5-6-7-8-9-10-23-20-37-26-16-13-22(17-25(23)26)19-33(27(34)28(35)36)18-21-11-14-24(15-12-21)29(30,31)32/h9-20H,2-8,21-22H2,1H3,(H,36,38)(H,40,41);11-17,20H,2-8,18-19H2,1H3,(H,35,36). The van der Waals surface area contributed by atoms with Gasteiger partial charge in [0.2, 0.25) is 0 Å². The highest BCUT2D eigenvalue weighted by Crippen LogP contribution is 2.31. The van der Waals surface area contributed by atoms with Crippen LogP contribution in [0.3, 0.4) is 0 Å². The summed E-state index contributed by atoms with van der Waals surface area (Å²) in [5.74, 6) is 0.414. The highest BCUT2D eigenvalue weighted by molar-refractivity contribution is 6.31. The van der Waals surface area contributed by atoms with Crippen molar-refractivity contribution in [2.45, 2.75) is 142 Å². The van der Waals surface area contributed by atoms with E-state index in [1.165, 1.54) is 87.6 Å². The van der Waals surface area contributed by atoms with Crippen molar-refractivity contribution in [3.05, 3.63) is 172 Å². The Balaban J connectivity index is 0.000000289. The van der Waals surface area contributed by atoms with Crippen LogP contribution in [-0.2, 0) is 64.1 Å². The predicted octanol–water partition coefficient (Wildman–Crippen LogP) is 14.6. The first-order valence-corrected chi connectivity index (χ1v) is 26.1. The Morgan fingerprint density at radius 1 is 0.526 bits per heavy atom. The van der Waals surface area contributed by atoms with Gasteiger partial charge in [0, 0.05) is 49.2 Å². The first-order chi connectivity index (χ1) is 37.2. The molecule has 17 heteroatoms. The molecule has 1 heterocycles. The van der Waals surface area contributed by atoms with Gasteiger partial charge < -0.3 is 29.7 Å². The zero-order valence-electron chi connectivity index (χ0n) is 43.8. The minimum absolute atomic E-state index is 0.0437. The number of hydrogen-bond acceptors (Lipinski definition) is 6. The number of rotatable bonds is 23. The van der Waals surface area contributed by atoms with Crippen LogP contribution in [0.4, 0.5) is 32.0 Å². The largest absolute Gasteiger partial charge is 0.474 e. The number of amides is 3. The molecule has 0 radical (unpaired) electrons. The molecule has 0 aliphatic heterocycles. The van der Waals surface area contributed by atoms with E-state index in [4.69, 9.17) is 4.42 Å². The summed E-state index contributed by atoms with van der Waals surface area (Å²) >= 11 is 0. The number of anilines is 1. The minimum atomic E-state index is -4.50. The van der Waals surface area contributed by atoms with Crippen LogP contribution in [-0.4, -0.2) is 49.7 Å². The van der Waals surface area contributed by atoms with Crippen molar-refractivity contribution >= 4 is 46.3 Å². The monoisotopic (exact) mass is 1080 g/mol. The van der Waals surface area contributed by atoms with Gasteiger partial charge in [0.1, 0.15) is 11.8 Å². The van der Waals surface area contributed by atoms with Gasteiger partial charge in [-0.05, 0) is 108 Å². The van der Waals surface area contributed by atoms with Crippen molar-refractivity contribution in [3.8, 4) is 11.8 Å². The predicted molar refractivity (Wildman–Crippen MR) is 286 cm³/mol. The Hall–Kier alpha value is -7.87. The average Bonchev–Trinajstić information content (AvgIpc) is 3.83. The molecule has 0 bridgehead atoms. The fourth-order valence-electron chi connectivity index (χ4n) is 8.40. The van der Waals surface area contributed by atoms with Crippen molar-refractivity contribution in [1.29, 1.82) is 0 Å².